The van der Waals surface area contributed by atoms with Crippen LogP contribution in [-0.2, 0) is 16.0 Å². The number of carbonyl (C=O) groups is 2. The van der Waals surface area contributed by atoms with Crippen LogP contribution in [0.3, 0.4) is 0 Å². The van der Waals surface area contributed by atoms with Gasteiger partial charge in [-0.1, -0.05) is 48.5 Å². The van der Waals surface area contributed by atoms with Gasteiger partial charge >= 0.3 is 0 Å². The van der Waals surface area contributed by atoms with Crippen LogP contribution in [0.4, 0.5) is 15.8 Å². The lowest BCUT2D eigenvalue weighted by Gasteiger charge is -2.24. The molecule has 2 amide bonds. The Hall–Kier alpha value is -3.12. The third-order valence-electron chi connectivity index (χ3n) is 4.62. The van der Waals surface area contributed by atoms with Gasteiger partial charge in [0, 0.05) is 11.4 Å². The van der Waals surface area contributed by atoms with Gasteiger partial charge in [0.1, 0.15) is 11.2 Å². The molecule has 0 bridgehead atoms. The average molecular weight is 406 g/mol. The average Bonchev–Trinajstić information content (AvgIpc) is 3.10. The first-order valence-electron chi connectivity index (χ1n) is 9.23. The van der Waals surface area contributed by atoms with E-state index in [4.69, 9.17) is 0 Å². The molecular weight excluding hydrogens is 387 g/mol. The van der Waals surface area contributed by atoms with E-state index < -0.39 is 0 Å². The van der Waals surface area contributed by atoms with Crippen LogP contribution in [0.15, 0.2) is 78.9 Å². The van der Waals surface area contributed by atoms with Crippen molar-refractivity contribution in [2.75, 3.05) is 16.0 Å². The van der Waals surface area contributed by atoms with E-state index in [0.717, 1.165) is 11.1 Å². The van der Waals surface area contributed by atoms with Crippen molar-refractivity contribution >= 4 is 35.0 Å². The van der Waals surface area contributed by atoms with Crippen molar-refractivity contribution in [1.82, 2.24) is 0 Å². The molecule has 1 fully saturated rings. The number of nitrogens with one attached hydrogen (secondary N) is 1. The van der Waals surface area contributed by atoms with E-state index in [-0.39, 0.29) is 29.4 Å². The summed E-state index contributed by atoms with van der Waals surface area (Å²) in [4.78, 5) is 26.4. The van der Waals surface area contributed by atoms with Gasteiger partial charge < -0.3 is 5.32 Å². The standard InChI is InChI=1S/C23H19FN2O2S/c24-18-9-5-11-20(14-18)26-22(28)15-29-23(26)17-8-4-10-19(13-17)25-21(27)12-16-6-2-1-3-7-16/h1-11,13-14,23H,12,15H2,(H,25,27)/t23-/m1/s1. The minimum Gasteiger partial charge on any atom is -0.326 e. The fourth-order valence-corrected chi connectivity index (χ4v) is 4.50. The topological polar surface area (TPSA) is 49.4 Å². The number of carbonyl (C=O) groups excluding carboxylic acids is 2. The summed E-state index contributed by atoms with van der Waals surface area (Å²) in [5.74, 6) is -0.228. The van der Waals surface area contributed by atoms with E-state index in [0.29, 0.717) is 17.1 Å². The van der Waals surface area contributed by atoms with Gasteiger partial charge in [0.2, 0.25) is 11.8 Å². The highest BCUT2D eigenvalue weighted by Gasteiger charge is 2.34. The van der Waals surface area contributed by atoms with Gasteiger partial charge in [-0.15, -0.1) is 11.8 Å². The van der Waals surface area contributed by atoms with Crippen molar-refractivity contribution in [2.45, 2.75) is 11.8 Å². The summed E-state index contributed by atoms with van der Waals surface area (Å²) in [7, 11) is 0. The van der Waals surface area contributed by atoms with Crippen LogP contribution in [0, 0.1) is 5.82 Å². The van der Waals surface area contributed by atoms with E-state index in [1.54, 1.807) is 17.0 Å². The summed E-state index contributed by atoms with van der Waals surface area (Å²) < 4.78 is 13.7. The molecule has 3 aromatic rings. The third kappa shape index (κ3) is 4.49. The molecule has 4 rings (SSSR count). The minimum atomic E-state index is -0.382. The lowest BCUT2D eigenvalue weighted by molar-refractivity contribution is -0.116. The van der Waals surface area contributed by atoms with Crippen LogP contribution in [0.5, 0.6) is 0 Å². The highest BCUT2D eigenvalue weighted by atomic mass is 32.2. The summed E-state index contributed by atoms with van der Waals surface area (Å²) in [6.45, 7) is 0. The maximum absolute atomic E-state index is 13.7. The van der Waals surface area contributed by atoms with Gasteiger partial charge in [-0.05, 0) is 41.5 Å². The molecule has 1 heterocycles. The Morgan fingerprint density at radius 3 is 2.62 bits per heavy atom. The highest BCUT2D eigenvalue weighted by Crippen LogP contribution is 2.42. The molecule has 29 heavy (non-hydrogen) atoms. The zero-order valence-electron chi connectivity index (χ0n) is 15.5. The summed E-state index contributed by atoms with van der Waals surface area (Å²) in [6, 6.07) is 23.0. The SMILES string of the molecule is O=C(Cc1ccccc1)Nc1cccc([C@H]2SCC(=O)N2c2cccc(F)c2)c1. The van der Waals surface area contributed by atoms with Gasteiger partial charge in [-0.3, -0.25) is 14.5 Å². The molecule has 0 spiro atoms. The summed E-state index contributed by atoms with van der Waals surface area (Å²) >= 11 is 1.48. The molecule has 6 heteroatoms. The Kier molecular flexibility index (Phi) is 5.62. The fourth-order valence-electron chi connectivity index (χ4n) is 3.33. The van der Waals surface area contributed by atoms with Crippen molar-refractivity contribution < 1.29 is 14.0 Å². The van der Waals surface area contributed by atoms with E-state index in [2.05, 4.69) is 5.32 Å². The lowest BCUT2D eigenvalue weighted by Crippen LogP contribution is -2.28. The number of thioether (sulfide) groups is 1. The van der Waals surface area contributed by atoms with Crippen molar-refractivity contribution in [3.63, 3.8) is 0 Å². The molecule has 3 aromatic carbocycles. The number of hydrogen-bond acceptors (Lipinski definition) is 3. The van der Waals surface area contributed by atoms with E-state index in [1.807, 2.05) is 54.6 Å². The first-order chi connectivity index (χ1) is 14.1. The number of anilines is 2. The van der Waals surface area contributed by atoms with Crippen molar-refractivity contribution in [2.24, 2.45) is 0 Å². The van der Waals surface area contributed by atoms with Gasteiger partial charge in [-0.2, -0.15) is 0 Å². The van der Waals surface area contributed by atoms with Crippen LogP contribution in [0.2, 0.25) is 0 Å². The lowest BCUT2D eigenvalue weighted by atomic mass is 10.1. The molecule has 0 unspecified atom stereocenters. The minimum absolute atomic E-state index is 0.0656. The van der Waals surface area contributed by atoms with Crippen molar-refractivity contribution in [3.05, 3.63) is 95.8 Å². The molecule has 0 saturated carbocycles. The Morgan fingerprint density at radius 1 is 1.03 bits per heavy atom. The van der Waals surface area contributed by atoms with Crippen LogP contribution >= 0.6 is 11.8 Å². The first-order valence-corrected chi connectivity index (χ1v) is 10.3. The molecule has 0 aromatic heterocycles. The van der Waals surface area contributed by atoms with E-state index in [1.165, 1.54) is 23.9 Å². The smallest absolute Gasteiger partial charge is 0.238 e. The molecule has 1 N–H and O–H groups in total. The summed E-state index contributed by atoms with van der Waals surface area (Å²) in [6.07, 6.45) is 0.289. The van der Waals surface area contributed by atoms with Crippen molar-refractivity contribution in [3.8, 4) is 0 Å². The van der Waals surface area contributed by atoms with Gasteiger partial charge in [0.05, 0.1) is 12.2 Å². The quantitative estimate of drug-likeness (QED) is 0.663. The van der Waals surface area contributed by atoms with Gasteiger partial charge in [0.25, 0.3) is 0 Å². The van der Waals surface area contributed by atoms with Crippen LogP contribution in [-0.4, -0.2) is 17.6 Å². The zero-order valence-corrected chi connectivity index (χ0v) is 16.4. The Balaban J connectivity index is 1.53. The number of halogens is 1. The molecule has 1 saturated heterocycles. The number of nitrogens with zero attached hydrogens (tertiary/aromatic N) is 1. The second-order valence-electron chi connectivity index (χ2n) is 6.74. The second-order valence-corrected chi connectivity index (χ2v) is 7.81. The molecule has 1 aliphatic heterocycles. The maximum atomic E-state index is 13.7. The van der Waals surface area contributed by atoms with Crippen LogP contribution < -0.4 is 10.2 Å². The number of hydrogen-bond donors (Lipinski definition) is 1. The summed E-state index contributed by atoms with van der Waals surface area (Å²) in [5.41, 5.74) is 3.02. The zero-order chi connectivity index (χ0) is 20.2. The number of amides is 2. The van der Waals surface area contributed by atoms with Crippen LogP contribution in [0.25, 0.3) is 0 Å². The maximum Gasteiger partial charge on any atom is 0.238 e. The Labute approximate surface area is 172 Å². The largest absolute Gasteiger partial charge is 0.326 e. The van der Waals surface area contributed by atoms with E-state index in [9.17, 15) is 14.0 Å². The Morgan fingerprint density at radius 2 is 1.83 bits per heavy atom. The first kappa shape index (κ1) is 19.2. The fraction of sp³-hybridized carbons (Fsp3) is 0.130. The molecule has 0 radical (unpaired) electrons. The predicted molar refractivity (Wildman–Crippen MR) is 114 cm³/mol. The second kappa shape index (κ2) is 8.49. The third-order valence-corrected chi connectivity index (χ3v) is 5.83. The molecule has 1 aliphatic rings. The highest BCUT2D eigenvalue weighted by molar-refractivity contribution is 8.00. The molecular formula is C23H19FN2O2S. The number of rotatable bonds is 5. The predicted octanol–water partition coefficient (Wildman–Crippen LogP) is 4.79. The molecule has 0 aliphatic carbocycles. The monoisotopic (exact) mass is 406 g/mol. The number of benzene rings is 3. The molecule has 146 valence electrons. The Bertz CT molecular complexity index is 1040. The molecule has 4 nitrogen and oxygen atoms in total. The van der Waals surface area contributed by atoms with Gasteiger partial charge in [0.15, 0.2) is 0 Å². The van der Waals surface area contributed by atoms with E-state index >= 15 is 0 Å². The van der Waals surface area contributed by atoms with Gasteiger partial charge in [-0.25, -0.2) is 4.39 Å². The van der Waals surface area contributed by atoms with Crippen molar-refractivity contribution in [1.29, 1.82) is 0 Å². The van der Waals surface area contributed by atoms with Crippen LogP contribution in [0.1, 0.15) is 16.5 Å². The normalized spacial score (nSPS) is 16.1. The summed E-state index contributed by atoms with van der Waals surface area (Å²) in [5, 5.41) is 2.65. The molecule has 1 atom stereocenters.